The van der Waals surface area contributed by atoms with Gasteiger partial charge < -0.3 is 15.2 Å². The Bertz CT molecular complexity index is 555. The van der Waals surface area contributed by atoms with E-state index in [1.54, 1.807) is 18.3 Å². The highest BCUT2D eigenvalue weighted by Crippen LogP contribution is 2.19. The van der Waals surface area contributed by atoms with E-state index >= 15 is 0 Å². The number of nitrogens with two attached hydrogens (primary N) is 1. The number of aromatic nitrogens is 3. The highest BCUT2D eigenvalue weighted by atomic mass is 32.1. The van der Waals surface area contributed by atoms with Gasteiger partial charge in [-0.3, -0.25) is 9.78 Å². The van der Waals surface area contributed by atoms with E-state index in [1.165, 1.54) is 18.4 Å². The molecule has 19 heavy (non-hydrogen) atoms. The van der Waals surface area contributed by atoms with Crippen LogP contribution in [0.4, 0.5) is 5.13 Å². The van der Waals surface area contributed by atoms with Crippen LogP contribution in [0.5, 0.6) is 5.19 Å². The zero-order valence-corrected chi connectivity index (χ0v) is 11.0. The number of anilines is 1. The molecule has 0 aliphatic heterocycles. The topological polar surface area (TPSA) is 100 Å². The number of pyridine rings is 1. The number of nitrogens with zero attached hydrogens (tertiary/aromatic N) is 3. The van der Waals surface area contributed by atoms with Gasteiger partial charge in [-0.25, -0.2) is 0 Å². The minimum absolute atomic E-state index is 0.206. The van der Waals surface area contributed by atoms with E-state index in [-0.39, 0.29) is 19.0 Å². The van der Waals surface area contributed by atoms with Crippen LogP contribution in [0.1, 0.15) is 11.3 Å². The van der Waals surface area contributed by atoms with Crippen LogP contribution in [-0.4, -0.2) is 28.3 Å². The van der Waals surface area contributed by atoms with E-state index in [2.05, 4.69) is 19.9 Å². The maximum Gasteiger partial charge on any atom is 0.310 e. The third-order valence-corrected chi connectivity index (χ3v) is 2.89. The third-order valence-electron chi connectivity index (χ3n) is 2.23. The molecule has 0 saturated carbocycles. The summed E-state index contributed by atoms with van der Waals surface area (Å²) in [7, 11) is 1.35. The van der Waals surface area contributed by atoms with Crippen LogP contribution in [0.3, 0.4) is 0 Å². The molecular formula is C11H12N4O3S. The highest BCUT2D eigenvalue weighted by molar-refractivity contribution is 7.16. The zero-order valence-electron chi connectivity index (χ0n) is 10.2. The van der Waals surface area contributed by atoms with E-state index in [9.17, 15) is 4.79 Å². The molecule has 2 heterocycles. The van der Waals surface area contributed by atoms with Gasteiger partial charge in [0.1, 0.15) is 6.61 Å². The molecule has 0 aliphatic rings. The highest BCUT2D eigenvalue weighted by Gasteiger charge is 2.05. The van der Waals surface area contributed by atoms with Gasteiger partial charge >= 0.3 is 5.97 Å². The van der Waals surface area contributed by atoms with Crippen LogP contribution >= 0.6 is 11.3 Å². The second-order valence-corrected chi connectivity index (χ2v) is 4.58. The van der Waals surface area contributed by atoms with Crippen molar-refractivity contribution in [2.45, 2.75) is 13.0 Å². The lowest BCUT2D eigenvalue weighted by Gasteiger charge is -2.03. The predicted octanol–water partition coefficient (Wildman–Crippen LogP) is 0.810. The molecule has 0 aliphatic carbocycles. The summed E-state index contributed by atoms with van der Waals surface area (Å²) in [5.74, 6) is -0.296. The van der Waals surface area contributed by atoms with Gasteiger partial charge in [0.05, 0.1) is 19.2 Å². The van der Waals surface area contributed by atoms with Crippen LogP contribution in [0, 0.1) is 0 Å². The largest absolute Gasteiger partial charge is 0.469 e. The second kappa shape index (κ2) is 6.10. The number of esters is 1. The molecule has 0 radical (unpaired) electrons. The normalized spacial score (nSPS) is 10.2. The number of carbonyl (C=O) groups excluding carboxylic acids is 1. The molecule has 100 valence electrons. The monoisotopic (exact) mass is 280 g/mol. The molecule has 0 unspecified atom stereocenters. The van der Waals surface area contributed by atoms with Gasteiger partial charge in [0.2, 0.25) is 5.13 Å². The van der Waals surface area contributed by atoms with Crippen molar-refractivity contribution in [2.24, 2.45) is 0 Å². The molecule has 0 fully saturated rings. The molecule has 2 rings (SSSR count). The van der Waals surface area contributed by atoms with Gasteiger partial charge in [-0.2, -0.15) is 0 Å². The number of hydrogen-bond acceptors (Lipinski definition) is 8. The number of rotatable bonds is 5. The summed E-state index contributed by atoms with van der Waals surface area (Å²) in [4.78, 5) is 15.3. The molecule has 0 bridgehead atoms. The third kappa shape index (κ3) is 3.88. The Balaban J connectivity index is 1.89. The van der Waals surface area contributed by atoms with E-state index in [0.29, 0.717) is 10.3 Å². The Labute approximate surface area is 113 Å². The average Bonchev–Trinajstić information content (AvgIpc) is 2.83. The van der Waals surface area contributed by atoms with Crippen LogP contribution < -0.4 is 10.5 Å². The minimum Gasteiger partial charge on any atom is -0.469 e. The SMILES string of the molecule is COC(=O)Cc1ccc(COc2nnc(N)s2)nc1. The quantitative estimate of drug-likeness (QED) is 0.809. The summed E-state index contributed by atoms with van der Waals surface area (Å²) in [6, 6.07) is 3.58. The number of nitrogen functional groups attached to an aromatic ring is 1. The van der Waals surface area contributed by atoms with E-state index in [4.69, 9.17) is 10.5 Å². The minimum atomic E-state index is -0.296. The Kier molecular flexibility index (Phi) is 4.24. The fourth-order valence-electron chi connectivity index (χ4n) is 1.30. The predicted molar refractivity (Wildman–Crippen MR) is 68.6 cm³/mol. The van der Waals surface area contributed by atoms with E-state index in [1.807, 2.05) is 0 Å². The van der Waals surface area contributed by atoms with Crippen molar-refractivity contribution >= 4 is 22.4 Å². The summed E-state index contributed by atoms with van der Waals surface area (Å²) in [5, 5.41) is 8.12. The lowest BCUT2D eigenvalue weighted by molar-refractivity contribution is -0.139. The van der Waals surface area contributed by atoms with Crippen molar-refractivity contribution in [1.82, 2.24) is 15.2 Å². The molecule has 2 aromatic rings. The van der Waals surface area contributed by atoms with Gasteiger partial charge in [-0.1, -0.05) is 11.2 Å². The maximum absolute atomic E-state index is 11.1. The number of carbonyl (C=O) groups is 1. The molecule has 0 amide bonds. The van der Waals surface area contributed by atoms with E-state index < -0.39 is 0 Å². The molecule has 2 N–H and O–H groups in total. The fourth-order valence-corrected chi connectivity index (χ4v) is 1.76. The Morgan fingerprint density at radius 1 is 1.42 bits per heavy atom. The zero-order chi connectivity index (χ0) is 13.7. The first-order valence-corrected chi connectivity index (χ1v) is 6.21. The smallest absolute Gasteiger partial charge is 0.310 e. The summed E-state index contributed by atoms with van der Waals surface area (Å²) in [6.45, 7) is 0.271. The van der Waals surface area contributed by atoms with Gasteiger partial charge in [0, 0.05) is 6.20 Å². The van der Waals surface area contributed by atoms with Crippen molar-refractivity contribution in [2.75, 3.05) is 12.8 Å². The molecule has 0 atom stereocenters. The van der Waals surface area contributed by atoms with Gasteiger partial charge in [-0.05, 0) is 23.0 Å². The number of methoxy groups -OCH3 is 1. The first kappa shape index (κ1) is 13.2. The van der Waals surface area contributed by atoms with Gasteiger partial charge in [-0.15, -0.1) is 5.10 Å². The fraction of sp³-hybridized carbons (Fsp3) is 0.273. The van der Waals surface area contributed by atoms with Crippen LogP contribution in [0.15, 0.2) is 18.3 Å². The molecule has 0 saturated heterocycles. The molecule has 8 heteroatoms. The van der Waals surface area contributed by atoms with Gasteiger partial charge in [0.15, 0.2) is 0 Å². The summed E-state index contributed by atoms with van der Waals surface area (Å²) in [6.07, 6.45) is 1.82. The molecule has 0 spiro atoms. The Morgan fingerprint density at radius 3 is 2.84 bits per heavy atom. The van der Waals surface area contributed by atoms with Crippen molar-refractivity contribution in [3.8, 4) is 5.19 Å². The lowest BCUT2D eigenvalue weighted by atomic mass is 10.2. The standard InChI is InChI=1S/C11H12N4O3S/c1-17-9(16)4-7-2-3-8(13-5-7)6-18-11-15-14-10(12)19-11/h2-3,5H,4,6H2,1H3,(H2,12,14). The average molecular weight is 280 g/mol. The Hall–Kier alpha value is -2.22. The van der Waals surface area contributed by atoms with Crippen molar-refractivity contribution in [1.29, 1.82) is 0 Å². The first-order chi connectivity index (χ1) is 9.17. The van der Waals surface area contributed by atoms with Crippen LogP contribution in [0.25, 0.3) is 0 Å². The van der Waals surface area contributed by atoms with E-state index in [0.717, 1.165) is 11.3 Å². The summed E-state index contributed by atoms with van der Waals surface area (Å²) >= 11 is 1.17. The van der Waals surface area contributed by atoms with Crippen LogP contribution in [-0.2, 0) is 22.6 Å². The van der Waals surface area contributed by atoms with Crippen molar-refractivity contribution in [3.05, 3.63) is 29.6 Å². The number of hydrogen-bond donors (Lipinski definition) is 1. The first-order valence-electron chi connectivity index (χ1n) is 5.40. The van der Waals surface area contributed by atoms with Gasteiger partial charge in [0.25, 0.3) is 5.19 Å². The molecule has 0 aromatic carbocycles. The summed E-state index contributed by atoms with van der Waals surface area (Å²) in [5.41, 5.74) is 6.94. The summed E-state index contributed by atoms with van der Waals surface area (Å²) < 4.78 is 9.94. The molecular weight excluding hydrogens is 268 g/mol. The lowest BCUT2D eigenvalue weighted by Crippen LogP contribution is -2.05. The van der Waals surface area contributed by atoms with Crippen LogP contribution in [0.2, 0.25) is 0 Å². The van der Waals surface area contributed by atoms with Crippen molar-refractivity contribution < 1.29 is 14.3 Å². The maximum atomic E-state index is 11.1. The molecule has 2 aromatic heterocycles. The van der Waals surface area contributed by atoms with Crippen molar-refractivity contribution in [3.63, 3.8) is 0 Å². The number of ether oxygens (including phenoxy) is 2. The second-order valence-electron chi connectivity index (χ2n) is 3.61. The molecule has 7 nitrogen and oxygen atoms in total. The Morgan fingerprint density at radius 2 is 2.26 bits per heavy atom.